The van der Waals surface area contributed by atoms with Gasteiger partial charge in [0, 0.05) is 18.0 Å². The SMILES string of the molecule is CC1CCC(CN(C)C(C)(C)CCl)O1. The number of nitrogens with zero attached hydrogens (tertiary/aromatic N) is 1. The van der Waals surface area contributed by atoms with Gasteiger partial charge in [0.1, 0.15) is 0 Å². The third-order valence-corrected chi connectivity index (χ3v) is 3.81. The molecule has 0 aromatic rings. The topological polar surface area (TPSA) is 12.5 Å². The van der Waals surface area contributed by atoms with Gasteiger partial charge >= 0.3 is 0 Å². The summed E-state index contributed by atoms with van der Waals surface area (Å²) in [6.45, 7) is 7.47. The normalized spacial score (nSPS) is 28.7. The number of halogens is 1. The van der Waals surface area contributed by atoms with Gasteiger partial charge in [-0.05, 0) is 40.7 Å². The summed E-state index contributed by atoms with van der Waals surface area (Å²) in [5.41, 5.74) is 0.0662. The van der Waals surface area contributed by atoms with Crippen LogP contribution in [0.4, 0.5) is 0 Å². The van der Waals surface area contributed by atoms with E-state index >= 15 is 0 Å². The molecule has 3 heteroatoms. The fourth-order valence-electron chi connectivity index (χ4n) is 1.67. The Morgan fingerprint density at radius 2 is 2.07 bits per heavy atom. The largest absolute Gasteiger partial charge is 0.374 e. The van der Waals surface area contributed by atoms with Crippen molar-refractivity contribution in [1.29, 1.82) is 0 Å². The molecule has 0 saturated carbocycles. The van der Waals surface area contributed by atoms with Gasteiger partial charge in [0.25, 0.3) is 0 Å². The number of ether oxygens (including phenoxy) is 1. The van der Waals surface area contributed by atoms with E-state index in [0.29, 0.717) is 18.1 Å². The van der Waals surface area contributed by atoms with E-state index in [9.17, 15) is 0 Å². The monoisotopic (exact) mass is 219 g/mol. The van der Waals surface area contributed by atoms with Crippen molar-refractivity contribution in [3.8, 4) is 0 Å². The smallest absolute Gasteiger partial charge is 0.0706 e. The van der Waals surface area contributed by atoms with Gasteiger partial charge in [-0.1, -0.05) is 0 Å². The molecule has 0 aromatic carbocycles. The van der Waals surface area contributed by atoms with E-state index in [2.05, 4.69) is 32.7 Å². The van der Waals surface area contributed by atoms with Crippen molar-refractivity contribution in [2.24, 2.45) is 0 Å². The van der Waals surface area contributed by atoms with Crippen LogP contribution in [0, 0.1) is 0 Å². The Balaban J connectivity index is 2.37. The van der Waals surface area contributed by atoms with E-state index < -0.39 is 0 Å². The van der Waals surface area contributed by atoms with Crippen molar-refractivity contribution in [3.05, 3.63) is 0 Å². The lowest BCUT2D eigenvalue weighted by Gasteiger charge is -2.35. The number of likely N-dealkylation sites (N-methyl/N-ethyl adjacent to an activating group) is 1. The highest BCUT2D eigenvalue weighted by Gasteiger charge is 2.28. The average molecular weight is 220 g/mol. The zero-order chi connectivity index (χ0) is 10.8. The molecule has 0 radical (unpaired) electrons. The fourth-order valence-corrected chi connectivity index (χ4v) is 1.88. The van der Waals surface area contributed by atoms with Crippen molar-refractivity contribution in [1.82, 2.24) is 4.90 Å². The van der Waals surface area contributed by atoms with E-state index in [1.165, 1.54) is 12.8 Å². The molecule has 1 heterocycles. The van der Waals surface area contributed by atoms with Gasteiger partial charge in [-0.25, -0.2) is 0 Å². The number of hydrogen-bond acceptors (Lipinski definition) is 2. The van der Waals surface area contributed by atoms with Gasteiger partial charge in [-0.2, -0.15) is 0 Å². The van der Waals surface area contributed by atoms with Gasteiger partial charge in [0.15, 0.2) is 0 Å². The first-order chi connectivity index (χ1) is 6.45. The van der Waals surface area contributed by atoms with Crippen LogP contribution in [0.25, 0.3) is 0 Å². The fraction of sp³-hybridized carbons (Fsp3) is 1.00. The molecule has 0 aromatic heterocycles. The van der Waals surface area contributed by atoms with E-state index in [4.69, 9.17) is 16.3 Å². The minimum absolute atomic E-state index is 0.0662. The molecule has 0 aliphatic carbocycles. The zero-order valence-corrected chi connectivity index (χ0v) is 10.5. The van der Waals surface area contributed by atoms with E-state index in [1.807, 2.05) is 0 Å². The Hall–Kier alpha value is 0.210. The summed E-state index contributed by atoms with van der Waals surface area (Å²) < 4.78 is 5.79. The lowest BCUT2D eigenvalue weighted by molar-refractivity contribution is 0.0190. The standard InChI is InChI=1S/C11H22ClNO/c1-9-5-6-10(14-9)7-13(4)11(2,3)8-12/h9-10H,5-8H2,1-4H3. The first-order valence-electron chi connectivity index (χ1n) is 5.38. The number of hydrogen-bond donors (Lipinski definition) is 0. The summed E-state index contributed by atoms with van der Waals surface area (Å²) in [6.07, 6.45) is 3.22. The molecule has 1 aliphatic rings. The predicted molar refractivity (Wildman–Crippen MR) is 61.0 cm³/mol. The summed E-state index contributed by atoms with van der Waals surface area (Å²) in [6, 6.07) is 0. The molecule has 1 rings (SSSR count). The number of rotatable bonds is 4. The maximum absolute atomic E-state index is 5.92. The predicted octanol–water partition coefficient (Wildman–Crippen LogP) is 2.50. The van der Waals surface area contributed by atoms with Crippen LogP contribution < -0.4 is 0 Å². The summed E-state index contributed by atoms with van der Waals surface area (Å²) in [4.78, 5) is 2.29. The molecule has 0 amide bonds. The quantitative estimate of drug-likeness (QED) is 0.674. The molecule has 14 heavy (non-hydrogen) atoms. The van der Waals surface area contributed by atoms with Crippen molar-refractivity contribution in [3.63, 3.8) is 0 Å². The van der Waals surface area contributed by atoms with Gasteiger partial charge in [-0.15, -0.1) is 11.6 Å². The molecular formula is C11H22ClNO. The van der Waals surface area contributed by atoms with Crippen LogP contribution in [0.2, 0.25) is 0 Å². The van der Waals surface area contributed by atoms with Crippen LogP contribution in [-0.2, 0) is 4.74 Å². The number of alkyl halides is 1. The molecule has 2 atom stereocenters. The second-order valence-electron chi connectivity index (χ2n) is 4.97. The Kier molecular flexibility index (Phi) is 4.23. The average Bonchev–Trinajstić information content (AvgIpc) is 2.51. The Bertz CT molecular complexity index is 184. The van der Waals surface area contributed by atoms with Crippen LogP contribution in [0.15, 0.2) is 0 Å². The minimum atomic E-state index is 0.0662. The first-order valence-corrected chi connectivity index (χ1v) is 5.92. The van der Waals surface area contributed by atoms with Gasteiger partial charge in [0.05, 0.1) is 12.2 Å². The maximum atomic E-state index is 5.92. The van der Waals surface area contributed by atoms with Gasteiger partial charge in [-0.3, -0.25) is 4.90 Å². The second kappa shape index (κ2) is 4.82. The summed E-state index contributed by atoms with van der Waals surface area (Å²) in [7, 11) is 2.12. The zero-order valence-electron chi connectivity index (χ0n) is 9.72. The van der Waals surface area contributed by atoms with E-state index in [0.717, 1.165) is 6.54 Å². The second-order valence-corrected chi connectivity index (χ2v) is 5.24. The van der Waals surface area contributed by atoms with Crippen LogP contribution in [-0.4, -0.2) is 42.1 Å². The van der Waals surface area contributed by atoms with Gasteiger partial charge < -0.3 is 4.74 Å². The molecular weight excluding hydrogens is 198 g/mol. The summed E-state index contributed by atoms with van der Waals surface area (Å²) in [5, 5.41) is 0. The molecule has 84 valence electrons. The molecule has 1 fully saturated rings. The highest BCUT2D eigenvalue weighted by atomic mass is 35.5. The Morgan fingerprint density at radius 1 is 1.43 bits per heavy atom. The summed E-state index contributed by atoms with van der Waals surface area (Å²) >= 11 is 5.92. The van der Waals surface area contributed by atoms with Crippen molar-refractivity contribution in [2.45, 2.75) is 51.4 Å². The van der Waals surface area contributed by atoms with E-state index in [-0.39, 0.29) is 5.54 Å². The minimum Gasteiger partial charge on any atom is -0.374 e. The molecule has 2 nitrogen and oxygen atoms in total. The van der Waals surface area contributed by atoms with Crippen LogP contribution in [0.3, 0.4) is 0 Å². The van der Waals surface area contributed by atoms with E-state index in [1.54, 1.807) is 0 Å². The molecule has 0 bridgehead atoms. The Labute approximate surface area is 92.6 Å². The highest BCUT2D eigenvalue weighted by molar-refractivity contribution is 6.18. The maximum Gasteiger partial charge on any atom is 0.0706 e. The van der Waals surface area contributed by atoms with Crippen LogP contribution in [0.1, 0.15) is 33.6 Å². The van der Waals surface area contributed by atoms with Crippen LogP contribution >= 0.6 is 11.6 Å². The highest BCUT2D eigenvalue weighted by Crippen LogP contribution is 2.22. The lowest BCUT2D eigenvalue weighted by atomic mass is 10.1. The van der Waals surface area contributed by atoms with Gasteiger partial charge in [0.2, 0.25) is 0 Å². The molecule has 1 saturated heterocycles. The molecule has 1 aliphatic heterocycles. The molecule has 0 spiro atoms. The third-order valence-electron chi connectivity index (χ3n) is 3.16. The third kappa shape index (κ3) is 3.11. The van der Waals surface area contributed by atoms with Crippen molar-refractivity contribution >= 4 is 11.6 Å². The van der Waals surface area contributed by atoms with Crippen molar-refractivity contribution in [2.75, 3.05) is 19.5 Å². The lowest BCUT2D eigenvalue weighted by Crippen LogP contribution is -2.46. The Morgan fingerprint density at radius 3 is 2.50 bits per heavy atom. The summed E-state index contributed by atoms with van der Waals surface area (Å²) in [5.74, 6) is 0.659. The van der Waals surface area contributed by atoms with Crippen molar-refractivity contribution < 1.29 is 4.74 Å². The molecule has 2 unspecified atom stereocenters. The molecule has 0 N–H and O–H groups in total. The first kappa shape index (κ1) is 12.3. The van der Waals surface area contributed by atoms with Crippen LogP contribution in [0.5, 0.6) is 0 Å².